The second kappa shape index (κ2) is 6.72. The Morgan fingerprint density at radius 3 is 3.00 bits per heavy atom. The molecule has 0 unspecified atom stereocenters. The van der Waals surface area contributed by atoms with Crippen LogP contribution < -0.4 is 10.1 Å². The number of thioether (sulfide) groups is 1. The van der Waals surface area contributed by atoms with Crippen molar-refractivity contribution in [1.29, 1.82) is 0 Å². The minimum atomic E-state index is 0.843. The van der Waals surface area contributed by atoms with Crippen LogP contribution in [0.15, 0.2) is 28.9 Å². The molecule has 0 atom stereocenters. The smallest absolute Gasteiger partial charge is 0.170 e. The molecule has 4 nitrogen and oxygen atoms in total. The van der Waals surface area contributed by atoms with Crippen molar-refractivity contribution in [2.24, 2.45) is 0 Å². The molecule has 0 radical (unpaired) electrons. The van der Waals surface area contributed by atoms with Gasteiger partial charge in [0.05, 0.1) is 7.11 Å². The fourth-order valence-electron chi connectivity index (χ4n) is 1.62. The zero-order valence-corrected chi connectivity index (χ0v) is 12.0. The van der Waals surface area contributed by atoms with Crippen molar-refractivity contribution in [2.75, 3.05) is 14.2 Å². The van der Waals surface area contributed by atoms with Crippen LogP contribution in [0.1, 0.15) is 11.1 Å². The summed E-state index contributed by atoms with van der Waals surface area (Å²) in [5.41, 5.74) is 2.44. The Morgan fingerprint density at radius 2 is 2.33 bits per heavy atom. The maximum Gasteiger partial charge on any atom is 0.170 e. The van der Waals surface area contributed by atoms with Crippen molar-refractivity contribution in [2.45, 2.75) is 16.6 Å². The van der Waals surface area contributed by atoms with Gasteiger partial charge in [0.25, 0.3) is 0 Å². The highest BCUT2D eigenvalue weighted by Gasteiger charge is 2.06. The van der Waals surface area contributed by atoms with Crippen LogP contribution in [0.2, 0.25) is 0 Å². The Bertz CT molecular complexity index is 488. The van der Waals surface area contributed by atoms with E-state index in [1.165, 1.54) is 22.7 Å². The number of hydrogen-bond donors (Lipinski definition) is 1. The fourth-order valence-corrected chi connectivity index (χ4v) is 3.05. The van der Waals surface area contributed by atoms with Crippen LogP contribution in [0.5, 0.6) is 5.75 Å². The fraction of sp³-hybridized carbons (Fsp3) is 0.333. The third kappa shape index (κ3) is 3.44. The normalized spacial score (nSPS) is 10.6. The van der Waals surface area contributed by atoms with Crippen molar-refractivity contribution >= 4 is 23.3 Å². The van der Waals surface area contributed by atoms with E-state index in [0.717, 1.165) is 22.4 Å². The van der Waals surface area contributed by atoms with E-state index in [4.69, 9.17) is 4.74 Å². The summed E-state index contributed by atoms with van der Waals surface area (Å²) in [7, 11) is 3.64. The number of hydrogen-bond acceptors (Lipinski definition) is 6. The van der Waals surface area contributed by atoms with E-state index in [1.807, 2.05) is 13.1 Å². The lowest BCUT2D eigenvalue weighted by Gasteiger charge is -2.09. The van der Waals surface area contributed by atoms with Crippen molar-refractivity contribution < 1.29 is 4.74 Å². The minimum Gasteiger partial charge on any atom is -0.496 e. The molecular formula is C12H15N3OS2. The van der Waals surface area contributed by atoms with Gasteiger partial charge in [-0.1, -0.05) is 17.8 Å². The van der Waals surface area contributed by atoms with Gasteiger partial charge >= 0.3 is 0 Å². The molecule has 18 heavy (non-hydrogen) atoms. The summed E-state index contributed by atoms with van der Waals surface area (Å²) in [5, 5.41) is 3.15. The maximum atomic E-state index is 5.38. The van der Waals surface area contributed by atoms with Crippen molar-refractivity contribution in [3.05, 3.63) is 35.7 Å². The zero-order chi connectivity index (χ0) is 12.8. The van der Waals surface area contributed by atoms with Gasteiger partial charge in [0.15, 0.2) is 4.34 Å². The van der Waals surface area contributed by atoms with Crippen LogP contribution in [0, 0.1) is 0 Å². The quantitative estimate of drug-likeness (QED) is 0.825. The van der Waals surface area contributed by atoms with Gasteiger partial charge in [-0.2, -0.15) is 4.37 Å². The molecule has 1 N–H and O–H groups in total. The standard InChI is InChI=1S/C12H15N3OS2/c1-13-6-9-3-4-11(16-2)10(5-9)7-17-12-14-8-15-18-12/h3-5,8,13H,6-7H2,1-2H3. The number of methoxy groups -OCH3 is 1. The van der Waals surface area contributed by atoms with Crippen molar-refractivity contribution in [3.8, 4) is 5.75 Å². The molecule has 1 aromatic carbocycles. The Morgan fingerprint density at radius 1 is 1.44 bits per heavy atom. The van der Waals surface area contributed by atoms with Crippen molar-refractivity contribution in [1.82, 2.24) is 14.7 Å². The van der Waals surface area contributed by atoms with Crippen LogP contribution in [0.4, 0.5) is 0 Å². The van der Waals surface area contributed by atoms with Crippen LogP contribution in [-0.4, -0.2) is 23.5 Å². The summed E-state index contributed by atoms with van der Waals surface area (Å²) in [6.45, 7) is 0.862. The van der Waals surface area contributed by atoms with Crippen LogP contribution in [0.25, 0.3) is 0 Å². The summed E-state index contributed by atoms with van der Waals surface area (Å²) < 4.78 is 10.4. The number of ether oxygens (including phenoxy) is 1. The Labute approximate surface area is 115 Å². The minimum absolute atomic E-state index is 0.843. The largest absolute Gasteiger partial charge is 0.496 e. The molecule has 1 aromatic heterocycles. The van der Waals surface area contributed by atoms with E-state index in [2.05, 4.69) is 26.8 Å². The molecule has 0 spiro atoms. The van der Waals surface area contributed by atoms with Gasteiger partial charge < -0.3 is 10.1 Å². The first-order valence-electron chi connectivity index (χ1n) is 5.53. The molecule has 6 heteroatoms. The molecule has 0 aliphatic carbocycles. The van der Waals surface area contributed by atoms with Gasteiger partial charge in [-0.3, -0.25) is 0 Å². The van der Waals surface area contributed by atoms with Crippen LogP contribution in [0.3, 0.4) is 0 Å². The molecule has 2 rings (SSSR count). The lowest BCUT2D eigenvalue weighted by molar-refractivity contribution is 0.411. The Balaban J connectivity index is 2.10. The monoisotopic (exact) mass is 281 g/mol. The predicted molar refractivity (Wildman–Crippen MR) is 75.2 cm³/mol. The van der Waals surface area contributed by atoms with Gasteiger partial charge in [0, 0.05) is 17.9 Å². The molecule has 0 aliphatic heterocycles. The second-order valence-corrected chi connectivity index (χ2v) is 5.67. The zero-order valence-electron chi connectivity index (χ0n) is 10.3. The maximum absolute atomic E-state index is 5.38. The number of rotatable bonds is 6. The Kier molecular flexibility index (Phi) is 4.98. The van der Waals surface area contributed by atoms with Crippen LogP contribution in [-0.2, 0) is 12.3 Å². The topological polar surface area (TPSA) is 47.0 Å². The van der Waals surface area contributed by atoms with Gasteiger partial charge in [0.1, 0.15) is 12.1 Å². The molecule has 0 aliphatic rings. The average Bonchev–Trinajstić information content (AvgIpc) is 2.90. The third-order valence-electron chi connectivity index (χ3n) is 2.42. The first-order valence-corrected chi connectivity index (χ1v) is 7.29. The van der Waals surface area contributed by atoms with E-state index in [-0.39, 0.29) is 0 Å². The van der Waals surface area contributed by atoms with Crippen molar-refractivity contribution in [3.63, 3.8) is 0 Å². The van der Waals surface area contributed by atoms with Gasteiger partial charge in [-0.25, -0.2) is 4.98 Å². The molecule has 96 valence electrons. The molecule has 0 saturated heterocycles. The lowest BCUT2D eigenvalue weighted by atomic mass is 10.1. The van der Waals surface area contributed by atoms with Gasteiger partial charge in [-0.15, -0.1) is 0 Å². The number of benzene rings is 1. The number of nitrogens with zero attached hydrogens (tertiary/aromatic N) is 2. The second-order valence-electron chi connectivity index (χ2n) is 3.67. The van der Waals surface area contributed by atoms with Crippen LogP contribution >= 0.6 is 23.3 Å². The molecule has 1 heterocycles. The summed E-state index contributed by atoms with van der Waals surface area (Å²) >= 11 is 3.10. The highest BCUT2D eigenvalue weighted by atomic mass is 32.2. The molecular weight excluding hydrogens is 266 g/mol. The highest BCUT2D eigenvalue weighted by molar-refractivity contribution is 8.00. The first-order chi connectivity index (χ1) is 8.83. The summed E-state index contributed by atoms with van der Waals surface area (Å²) in [6.07, 6.45) is 1.58. The molecule has 0 bridgehead atoms. The molecule has 2 aromatic rings. The number of nitrogens with one attached hydrogen (secondary N) is 1. The SMILES string of the molecule is CNCc1ccc(OC)c(CSc2ncns2)c1. The Hall–Kier alpha value is -1.11. The lowest BCUT2D eigenvalue weighted by Crippen LogP contribution is -2.05. The van der Waals surface area contributed by atoms with Gasteiger partial charge in [0.2, 0.25) is 0 Å². The summed E-state index contributed by atoms with van der Waals surface area (Å²) in [5.74, 6) is 1.77. The van der Waals surface area contributed by atoms with E-state index in [1.54, 1.807) is 25.2 Å². The summed E-state index contributed by atoms with van der Waals surface area (Å²) in [6, 6.07) is 6.26. The molecule has 0 amide bonds. The van der Waals surface area contributed by atoms with Gasteiger partial charge in [-0.05, 0) is 36.3 Å². The van der Waals surface area contributed by atoms with E-state index in [0.29, 0.717) is 0 Å². The molecule has 0 saturated carbocycles. The average molecular weight is 281 g/mol. The van der Waals surface area contributed by atoms with E-state index < -0.39 is 0 Å². The number of aromatic nitrogens is 2. The van der Waals surface area contributed by atoms with E-state index in [9.17, 15) is 0 Å². The predicted octanol–water partition coefficient (Wildman–Crippen LogP) is 2.56. The highest BCUT2D eigenvalue weighted by Crippen LogP contribution is 2.29. The molecule has 0 fully saturated rings. The third-order valence-corrected chi connectivity index (χ3v) is 4.26. The first kappa shape index (κ1) is 13.3. The summed E-state index contributed by atoms with van der Waals surface area (Å²) in [4.78, 5) is 4.16. The van der Waals surface area contributed by atoms with E-state index >= 15 is 0 Å².